The van der Waals surface area contributed by atoms with Crippen LogP contribution in [0.15, 0.2) is 24.3 Å². The summed E-state index contributed by atoms with van der Waals surface area (Å²) in [5.41, 5.74) is 0.367. The largest absolute Gasteiger partial charge is 0.378 e. The molecule has 0 radical (unpaired) electrons. The molecule has 0 unspecified atom stereocenters. The predicted octanol–water partition coefficient (Wildman–Crippen LogP) is 1.56. The quantitative estimate of drug-likeness (QED) is 0.925. The van der Waals surface area contributed by atoms with Crippen LogP contribution in [0.1, 0.15) is 0 Å². The average molecular weight is 289 g/mol. The smallest absolute Gasteiger partial charge is 0.230 e. The minimum atomic E-state index is -0.348. The van der Waals surface area contributed by atoms with Crippen molar-refractivity contribution in [3.8, 4) is 11.4 Å². The molecule has 1 aromatic heterocycles. The number of ether oxygens (including phenoxy) is 1. The van der Waals surface area contributed by atoms with E-state index in [0.29, 0.717) is 49.6 Å². The first-order chi connectivity index (χ1) is 10.3. The molecule has 0 atom stereocenters. The number of aromatic nitrogens is 3. The van der Waals surface area contributed by atoms with Gasteiger partial charge in [-0.15, -0.1) is 0 Å². The van der Waals surface area contributed by atoms with Crippen LogP contribution in [0.25, 0.3) is 11.4 Å². The van der Waals surface area contributed by atoms with Crippen molar-refractivity contribution in [1.29, 1.82) is 0 Å². The molecule has 1 N–H and O–H groups in total. The first-order valence-electron chi connectivity index (χ1n) is 6.79. The second-order valence-electron chi connectivity index (χ2n) is 4.61. The Morgan fingerprint density at radius 2 is 1.90 bits per heavy atom. The Balaban J connectivity index is 2.02. The van der Waals surface area contributed by atoms with Crippen molar-refractivity contribution in [3.63, 3.8) is 0 Å². The minimum Gasteiger partial charge on any atom is -0.378 e. The van der Waals surface area contributed by atoms with E-state index < -0.39 is 0 Å². The van der Waals surface area contributed by atoms with E-state index in [9.17, 15) is 4.39 Å². The topological polar surface area (TPSA) is 63.2 Å². The van der Waals surface area contributed by atoms with Gasteiger partial charge in [-0.3, -0.25) is 0 Å². The van der Waals surface area contributed by atoms with Gasteiger partial charge in [0.15, 0.2) is 5.82 Å². The number of nitrogens with zero attached hydrogens (tertiary/aromatic N) is 4. The lowest BCUT2D eigenvalue weighted by molar-refractivity contribution is 0.122. The number of halogens is 1. The van der Waals surface area contributed by atoms with E-state index in [1.807, 2.05) is 4.90 Å². The molecule has 0 aliphatic carbocycles. The fourth-order valence-corrected chi connectivity index (χ4v) is 2.14. The van der Waals surface area contributed by atoms with Crippen molar-refractivity contribution in [2.45, 2.75) is 0 Å². The van der Waals surface area contributed by atoms with Crippen molar-refractivity contribution in [3.05, 3.63) is 30.1 Å². The van der Waals surface area contributed by atoms with Gasteiger partial charge in [-0.05, 0) is 12.1 Å². The maximum atomic E-state index is 13.9. The number of hydrogen-bond donors (Lipinski definition) is 1. The van der Waals surface area contributed by atoms with E-state index >= 15 is 0 Å². The van der Waals surface area contributed by atoms with E-state index in [1.165, 1.54) is 6.07 Å². The Labute approximate surface area is 122 Å². The molecule has 3 rings (SSSR count). The lowest BCUT2D eigenvalue weighted by Gasteiger charge is -2.27. The second-order valence-corrected chi connectivity index (χ2v) is 4.61. The summed E-state index contributed by atoms with van der Waals surface area (Å²) >= 11 is 0. The van der Waals surface area contributed by atoms with Crippen LogP contribution in [0.2, 0.25) is 0 Å². The Hall–Kier alpha value is -2.28. The Kier molecular flexibility index (Phi) is 3.92. The van der Waals surface area contributed by atoms with E-state index in [0.717, 1.165) is 0 Å². The van der Waals surface area contributed by atoms with Crippen LogP contribution in [-0.4, -0.2) is 48.3 Å². The molecule has 0 amide bonds. The average Bonchev–Trinajstić information content (AvgIpc) is 2.55. The zero-order valence-electron chi connectivity index (χ0n) is 11.7. The number of hydrogen-bond acceptors (Lipinski definition) is 6. The van der Waals surface area contributed by atoms with E-state index in [2.05, 4.69) is 20.3 Å². The summed E-state index contributed by atoms with van der Waals surface area (Å²) in [4.78, 5) is 15.0. The summed E-state index contributed by atoms with van der Waals surface area (Å²) < 4.78 is 19.3. The van der Waals surface area contributed by atoms with E-state index in [1.54, 1.807) is 25.2 Å². The molecule has 1 aliphatic heterocycles. The van der Waals surface area contributed by atoms with Crippen molar-refractivity contribution >= 4 is 11.9 Å². The van der Waals surface area contributed by atoms with Gasteiger partial charge < -0.3 is 15.0 Å². The Morgan fingerprint density at radius 1 is 1.14 bits per heavy atom. The molecular formula is C14H16FN5O. The summed E-state index contributed by atoms with van der Waals surface area (Å²) in [6, 6.07) is 6.46. The summed E-state index contributed by atoms with van der Waals surface area (Å²) in [7, 11) is 1.73. The third kappa shape index (κ3) is 2.92. The van der Waals surface area contributed by atoms with E-state index in [-0.39, 0.29) is 5.82 Å². The Bertz CT molecular complexity index is 631. The zero-order valence-corrected chi connectivity index (χ0v) is 11.7. The molecule has 0 bridgehead atoms. The van der Waals surface area contributed by atoms with Crippen molar-refractivity contribution < 1.29 is 9.13 Å². The first-order valence-corrected chi connectivity index (χ1v) is 6.79. The normalized spacial score (nSPS) is 15.0. The van der Waals surface area contributed by atoms with Crippen LogP contribution >= 0.6 is 0 Å². The molecule has 110 valence electrons. The molecule has 1 aliphatic rings. The highest BCUT2D eigenvalue weighted by Gasteiger charge is 2.18. The third-order valence-corrected chi connectivity index (χ3v) is 3.26. The van der Waals surface area contributed by atoms with Crippen LogP contribution in [0.3, 0.4) is 0 Å². The number of anilines is 2. The molecule has 1 fully saturated rings. The molecule has 1 aromatic carbocycles. The third-order valence-electron chi connectivity index (χ3n) is 3.26. The minimum absolute atomic E-state index is 0.328. The highest BCUT2D eigenvalue weighted by atomic mass is 19.1. The molecular weight excluding hydrogens is 273 g/mol. The Morgan fingerprint density at radius 3 is 2.62 bits per heavy atom. The maximum Gasteiger partial charge on any atom is 0.230 e. The van der Waals surface area contributed by atoms with Crippen LogP contribution in [-0.2, 0) is 4.74 Å². The molecule has 1 saturated heterocycles. The summed E-state index contributed by atoms with van der Waals surface area (Å²) in [5, 5.41) is 2.89. The van der Waals surface area contributed by atoms with Crippen molar-refractivity contribution in [2.24, 2.45) is 0 Å². The van der Waals surface area contributed by atoms with Gasteiger partial charge in [-0.25, -0.2) is 4.39 Å². The van der Waals surface area contributed by atoms with Gasteiger partial charge >= 0.3 is 0 Å². The number of rotatable bonds is 3. The van der Waals surface area contributed by atoms with Gasteiger partial charge in [0.05, 0.1) is 18.8 Å². The second kappa shape index (κ2) is 6.01. The molecule has 7 heteroatoms. The maximum absolute atomic E-state index is 13.9. The van der Waals surface area contributed by atoms with Crippen molar-refractivity contribution in [1.82, 2.24) is 15.0 Å². The lowest BCUT2D eigenvalue weighted by Crippen LogP contribution is -2.37. The molecule has 0 spiro atoms. The van der Waals surface area contributed by atoms with Crippen LogP contribution < -0.4 is 10.2 Å². The van der Waals surface area contributed by atoms with Crippen LogP contribution in [0, 0.1) is 5.82 Å². The van der Waals surface area contributed by atoms with Crippen LogP contribution in [0.4, 0.5) is 16.3 Å². The fourth-order valence-electron chi connectivity index (χ4n) is 2.14. The molecule has 21 heavy (non-hydrogen) atoms. The van der Waals surface area contributed by atoms with Gasteiger partial charge in [-0.2, -0.15) is 15.0 Å². The summed E-state index contributed by atoms with van der Waals surface area (Å²) in [6.07, 6.45) is 0. The van der Waals surface area contributed by atoms with Gasteiger partial charge in [0.1, 0.15) is 5.82 Å². The fraction of sp³-hybridized carbons (Fsp3) is 0.357. The number of morpholine rings is 1. The standard InChI is InChI=1S/C14H16FN5O/c1-16-13-17-12(10-4-2-3-5-11(10)15)18-14(19-13)20-6-8-21-9-7-20/h2-5H,6-9H2,1H3,(H,16,17,18,19). The number of nitrogens with one attached hydrogen (secondary N) is 1. The summed E-state index contributed by atoms with van der Waals surface area (Å²) in [5.74, 6) is 0.938. The lowest BCUT2D eigenvalue weighted by atomic mass is 10.2. The van der Waals surface area contributed by atoms with Crippen molar-refractivity contribution in [2.75, 3.05) is 43.6 Å². The van der Waals surface area contributed by atoms with Gasteiger partial charge in [-0.1, -0.05) is 12.1 Å². The van der Waals surface area contributed by atoms with Gasteiger partial charge in [0.2, 0.25) is 11.9 Å². The molecule has 6 nitrogen and oxygen atoms in total. The highest BCUT2D eigenvalue weighted by molar-refractivity contribution is 5.59. The zero-order chi connectivity index (χ0) is 14.7. The molecule has 0 saturated carbocycles. The highest BCUT2D eigenvalue weighted by Crippen LogP contribution is 2.22. The SMILES string of the molecule is CNc1nc(-c2ccccc2F)nc(N2CCOCC2)n1. The molecule has 2 aromatic rings. The van der Waals surface area contributed by atoms with Gasteiger partial charge in [0.25, 0.3) is 0 Å². The summed E-state index contributed by atoms with van der Waals surface area (Å²) in [6.45, 7) is 2.69. The van der Waals surface area contributed by atoms with Gasteiger partial charge in [0, 0.05) is 20.1 Å². The number of benzene rings is 1. The first kappa shape index (κ1) is 13.7. The van der Waals surface area contributed by atoms with E-state index in [4.69, 9.17) is 4.74 Å². The van der Waals surface area contributed by atoms with Crippen LogP contribution in [0.5, 0.6) is 0 Å². The monoisotopic (exact) mass is 289 g/mol. The predicted molar refractivity (Wildman–Crippen MR) is 77.8 cm³/mol. The molecule has 2 heterocycles.